The van der Waals surface area contributed by atoms with Crippen LogP contribution in [-0.2, 0) is 16.0 Å². The SMILES string of the molecule is CC(C)COC[C@@H]1CC[C@H]2[C@H](CCN2Cc2nccs2)O1. The van der Waals surface area contributed by atoms with Crippen molar-refractivity contribution < 1.29 is 9.47 Å². The van der Waals surface area contributed by atoms with Crippen LogP contribution in [0.5, 0.6) is 0 Å². The summed E-state index contributed by atoms with van der Waals surface area (Å²) in [6.45, 7) is 8.08. The summed E-state index contributed by atoms with van der Waals surface area (Å²) in [5.41, 5.74) is 0. The van der Waals surface area contributed by atoms with Gasteiger partial charge in [0.1, 0.15) is 5.01 Å². The first-order valence-corrected chi connectivity index (χ1v) is 8.96. The minimum absolute atomic E-state index is 0.296. The Kier molecular flexibility index (Phi) is 5.27. The monoisotopic (exact) mass is 310 g/mol. The van der Waals surface area contributed by atoms with Gasteiger partial charge < -0.3 is 9.47 Å². The molecule has 0 N–H and O–H groups in total. The van der Waals surface area contributed by atoms with Crippen LogP contribution in [0.2, 0.25) is 0 Å². The second kappa shape index (κ2) is 7.18. The summed E-state index contributed by atoms with van der Waals surface area (Å²) in [6, 6.07) is 0.579. The third kappa shape index (κ3) is 4.03. The molecule has 21 heavy (non-hydrogen) atoms. The van der Waals surface area contributed by atoms with Crippen LogP contribution in [-0.4, -0.2) is 47.9 Å². The largest absolute Gasteiger partial charge is 0.378 e. The molecule has 0 saturated carbocycles. The number of aromatic nitrogens is 1. The van der Waals surface area contributed by atoms with Crippen LogP contribution in [0, 0.1) is 5.92 Å². The van der Waals surface area contributed by atoms with Crippen LogP contribution in [0.1, 0.15) is 38.1 Å². The van der Waals surface area contributed by atoms with Crippen molar-refractivity contribution >= 4 is 11.3 Å². The van der Waals surface area contributed by atoms with Crippen LogP contribution in [0.25, 0.3) is 0 Å². The Morgan fingerprint density at radius 3 is 3.10 bits per heavy atom. The Morgan fingerprint density at radius 2 is 2.33 bits per heavy atom. The van der Waals surface area contributed by atoms with E-state index in [1.807, 2.05) is 6.20 Å². The van der Waals surface area contributed by atoms with Crippen molar-refractivity contribution in [3.63, 3.8) is 0 Å². The molecule has 0 radical (unpaired) electrons. The molecule has 0 unspecified atom stereocenters. The fourth-order valence-corrected chi connectivity index (χ4v) is 3.99. The number of thiazole rings is 1. The van der Waals surface area contributed by atoms with Gasteiger partial charge in [-0.1, -0.05) is 13.8 Å². The Bertz CT molecular complexity index is 424. The molecular formula is C16H26N2O2S. The van der Waals surface area contributed by atoms with Crippen molar-refractivity contribution in [2.75, 3.05) is 19.8 Å². The van der Waals surface area contributed by atoms with E-state index in [1.54, 1.807) is 11.3 Å². The molecule has 2 saturated heterocycles. The van der Waals surface area contributed by atoms with E-state index in [2.05, 4.69) is 29.1 Å². The highest BCUT2D eigenvalue weighted by molar-refractivity contribution is 7.09. The minimum Gasteiger partial charge on any atom is -0.378 e. The molecule has 0 aromatic carbocycles. The van der Waals surface area contributed by atoms with Gasteiger partial charge in [0.2, 0.25) is 0 Å². The van der Waals surface area contributed by atoms with Crippen LogP contribution in [0.4, 0.5) is 0 Å². The van der Waals surface area contributed by atoms with Crippen LogP contribution in [0.15, 0.2) is 11.6 Å². The fourth-order valence-electron chi connectivity index (χ4n) is 3.34. The summed E-state index contributed by atoms with van der Waals surface area (Å²) < 4.78 is 12.0. The third-order valence-electron chi connectivity index (χ3n) is 4.33. The van der Waals surface area contributed by atoms with Gasteiger partial charge in [-0.2, -0.15) is 0 Å². The van der Waals surface area contributed by atoms with Crippen molar-refractivity contribution in [2.24, 2.45) is 5.92 Å². The molecule has 3 heterocycles. The second-order valence-corrected chi connectivity index (χ2v) is 7.54. The van der Waals surface area contributed by atoms with Gasteiger partial charge in [-0.15, -0.1) is 11.3 Å². The van der Waals surface area contributed by atoms with Gasteiger partial charge in [-0.25, -0.2) is 4.98 Å². The normalized spacial score (nSPS) is 30.0. The topological polar surface area (TPSA) is 34.6 Å². The lowest BCUT2D eigenvalue weighted by Gasteiger charge is -2.35. The lowest BCUT2D eigenvalue weighted by atomic mass is 9.99. The van der Waals surface area contributed by atoms with Crippen molar-refractivity contribution in [1.82, 2.24) is 9.88 Å². The summed E-state index contributed by atoms with van der Waals surface area (Å²) in [4.78, 5) is 6.96. The summed E-state index contributed by atoms with van der Waals surface area (Å²) >= 11 is 1.75. The Labute approximate surface area is 131 Å². The maximum atomic E-state index is 6.26. The molecule has 0 amide bonds. The predicted molar refractivity (Wildman–Crippen MR) is 84.5 cm³/mol. The quantitative estimate of drug-likeness (QED) is 0.809. The second-order valence-electron chi connectivity index (χ2n) is 6.56. The van der Waals surface area contributed by atoms with Crippen LogP contribution < -0.4 is 0 Å². The number of hydrogen-bond donors (Lipinski definition) is 0. The van der Waals surface area contributed by atoms with E-state index in [0.717, 1.165) is 39.1 Å². The van der Waals surface area contributed by atoms with Gasteiger partial charge in [0.25, 0.3) is 0 Å². The molecule has 3 atom stereocenters. The molecule has 1 aromatic rings. The maximum absolute atomic E-state index is 6.26. The molecule has 2 fully saturated rings. The molecule has 5 heteroatoms. The number of nitrogens with zero attached hydrogens (tertiary/aromatic N) is 2. The Morgan fingerprint density at radius 1 is 1.43 bits per heavy atom. The zero-order chi connectivity index (χ0) is 14.7. The van der Waals surface area contributed by atoms with E-state index in [0.29, 0.717) is 24.2 Å². The lowest BCUT2D eigenvalue weighted by molar-refractivity contribution is -0.102. The minimum atomic E-state index is 0.296. The van der Waals surface area contributed by atoms with Gasteiger partial charge >= 0.3 is 0 Å². The zero-order valence-electron chi connectivity index (χ0n) is 13.0. The standard InChI is InChI=1S/C16H26N2O2S/c1-12(2)10-19-11-13-3-4-14-15(20-13)5-7-18(14)9-16-17-6-8-21-16/h6,8,12-15H,3-5,7,9-11H2,1-2H3/t13-,14-,15-/m0/s1. The first-order valence-electron chi connectivity index (χ1n) is 8.08. The Hall–Kier alpha value is -0.490. The predicted octanol–water partition coefficient (Wildman–Crippen LogP) is 2.94. The summed E-state index contributed by atoms with van der Waals surface area (Å²) in [6.07, 6.45) is 6.08. The first kappa shape index (κ1) is 15.4. The summed E-state index contributed by atoms with van der Waals surface area (Å²) in [5.74, 6) is 0.599. The van der Waals surface area contributed by atoms with E-state index >= 15 is 0 Å². The number of hydrogen-bond acceptors (Lipinski definition) is 5. The van der Waals surface area contributed by atoms with E-state index in [1.165, 1.54) is 11.4 Å². The molecule has 1 aromatic heterocycles. The molecule has 0 spiro atoms. The maximum Gasteiger partial charge on any atom is 0.107 e. The molecule has 4 nitrogen and oxygen atoms in total. The zero-order valence-corrected chi connectivity index (χ0v) is 13.8. The molecule has 3 rings (SSSR count). The third-order valence-corrected chi connectivity index (χ3v) is 5.09. The molecule has 2 aliphatic heterocycles. The first-order chi connectivity index (χ1) is 10.2. The Balaban J connectivity index is 1.46. The van der Waals surface area contributed by atoms with E-state index in [-0.39, 0.29) is 0 Å². The molecule has 118 valence electrons. The van der Waals surface area contributed by atoms with Crippen molar-refractivity contribution in [2.45, 2.75) is 57.9 Å². The van der Waals surface area contributed by atoms with Crippen molar-refractivity contribution in [3.05, 3.63) is 16.6 Å². The van der Waals surface area contributed by atoms with E-state index in [4.69, 9.17) is 9.47 Å². The number of likely N-dealkylation sites (tertiary alicyclic amines) is 1. The number of rotatable bonds is 6. The molecule has 0 aliphatic carbocycles. The smallest absolute Gasteiger partial charge is 0.107 e. The lowest BCUT2D eigenvalue weighted by Crippen LogP contribution is -2.43. The highest BCUT2D eigenvalue weighted by atomic mass is 32.1. The van der Waals surface area contributed by atoms with Crippen molar-refractivity contribution in [3.8, 4) is 0 Å². The molecular weight excluding hydrogens is 284 g/mol. The van der Waals surface area contributed by atoms with Gasteiger partial charge in [-0.3, -0.25) is 4.90 Å². The molecule has 2 aliphatic rings. The fraction of sp³-hybridized carbons (Fsp3) is 0.812. The van der Waals surface area contributed by atoms with E-state index < -0.39 is 0 Å². The van der Waals surface area contributed by atoms with E-state index in [9.17, 15) is 0 Å². The highest BCUT2D eigenvalue weighted by Gasteiger charge is 2.39. The molecule has 0 bridgehead atoms. The summed E-state index contributed by atoms with van der Waals surface area (Å²) in [5, 5.41) is 3.28. The highest BCUT2D eigenvalue weighted by Crippen LogP contribution is 2.32. The average Bonchev–Trinajstić information content (AvgIpc) is 3.09. The van der Waals surface area contributed by atoms with Gasteiger partial charge in [0.15, 0.2) is 0 Å². The van der Waals surface area contributed by atoms with Gasteiger partial charge in [0, 0.05) is 30.8 Å². The van der Waals surface area contributed by atoms with Gasteiger partial charge in [-0.05, 0) is 25.2 Å². The summed E-state index contributed by atoms with van der Waals surface area (Å²) in [7, 11) is 0. The van der Waals surface area contributed by atoms with Crippen molar-refractivity contribution in [1.29, 1.82) is 0 Å². The average molecular weight is 310 g/mol. The van der Waals surface area contributed by atoms with Crippen LogP contribution in [0.3, 0.4) is 0 Å². The number of ether oxygens (including phenoxy) is 2. The number of fused-ring (bicyclic) bond motifs is 1. The van der Waals surface area contributed by atoms with Gasteiger partial charge in [0.05, 0.1) is 25.4 Å². The van der Waals surface area contributed by atoms with Crippen LogP contribution >= 0.6 is 11.3 Å².